The van der Waals surface area contributed by atoms with Gasteiger partial charge in [-0.3, -0.25) is 9.59 Å². The van der Waals surface area contributed by atoms with Crippen molar-refractivity contribution in [3.8, 4) is 5.75 Å². The Morgan fingerprint density at radius 3 is 2.40 bits per heavy atom. The number of benzene rings is 1. The summed E-state index contributed by atoms with van der Waals surface area (Å²) in [6.07, 6.45) is 3.49. The molecule has 0 bridgehead atoms. The minimum Gasteiger partial charge on any atom is -0.507 e. The van der Waals surface area contributed by atoms with Crippen molar-refractivity contribution in [3.63, 3.8) is 0 Å². The number of carbonyl (C=O) groups excluding carboxylic acids is 2. The zero-order valence-electron chi connectivity index (χ0n) is 17.0. The molecule has 1 aromatic carbocycles. The molecule has 0 atom stereocenters. The van der Waals surface area contributed by atoms with Gasteiger partial charge in [0, 0.05) is 22.0 Å². The minimum absolute atomic E-state index is 0.00127. The van der Waals surface area contributed by atoms with E-state index in [1.165, 1.54) is 26.0 Å². The third-order valence-electron chi connectivity index (χ3n) is 4.05. The maximum absolute atomic E-state index is 12.7. The standard InChI is InChI=1S/C21H23ClF3NO3S/c1-11(2)16-10-17(14(5)27)13(4)18(19(16)28)20(29)26-12(3)6-7-15(8-9-22)30-21(23,24)25/h6-8,10-11,28H,3,9H2,1-2,4-5H3,(H,26,29)/b7-6-,15-8+. The topological polar surface area (TPSA) is 66.4 Å². The second kappa shape index (κ2) is 10.7. The average molecular weight is 462 g/mol. The van der Waals surface area contributed by atoms with Gasteiger partial charge in [-0.15, -0.1) is 11.6 Å². The molecule has 0 aliphatic carbocycles. The molecule has 0 aromatic heterocycles. The first-order valence-electron chi connectivity index (χ1n) is 8.86. The molecule has 2 N–H and O–H groups in total. The Bertz CT molecular complexity index is 906. The van der Waals surface area contributed by atoms with Crippen LogP contribution in [-0.4, -0.2) is 28.2 Å². The number of carbonyl (C=O) groups is 2. The van der Waals surface area contributed by atoms with E-state index >= 15 is 0 Å². The molecule has 164 valence electrons. The first-order valence-corrected chi connectivity index (χ1v) is 10.2. The van der Waals surface area contributed by atoms with Crippen LogP contribution in [0, 0.1) is 6.92 Å². The SMILES string of the molecule is C=C(/C=C\C(=C/CCl)SC(F)(F)F)NC(=O)c1c(C)c(C(C)=O)cc(C(C)C)c1O. The van der Waals surface area contributed by atoms with Crippen molar-refractivity contribution in [2.75, 3.05) is 5.88 Å². The van der Waals surface area contributed by atoms with Gasteiger partial charge in [0.1, 0.15) is 5.75 Å². The Morgan fingerprint density at radius 2 is 1.93 bits per heavy atom. The van der Waals surface area contributed by atoms with Gasteiger partial charge < -0.3 is 10.4 Å². The van der Waals surface area contributed by atoms with Crippen molar-refractivity contribution in [2.45, 2.75) is 39.1 Å². The molecule has 1 amide bonds. The van der Waals surface area contributed by atoms with E-state index in [9.17, 15) is 27.9 Å². The maximum atomic E-state index is 12.7. The van der Waals surface area contributed by atoms with Crippen molar-refractivity contribution in [1.29, 1.82) is 0 Å². The number of amides is 1. The number of halogens is 4. The zero-order valence-corrected chi connectivity index (χ0v) is 18.6. The summed E-state index contributed by atoms with van der Waals surface area (Å²) in [7, 11) is 0. The zero-order chi connectivity index (χ0) is 23.2. The summed E-state index contributed by atoms with van der Waals surface area (Å²) in [5, 5.41) is 13.0. The van der Waals surface area contributed by atoms with E-state index in [0.29, 0.717) is 16.7 Å². The first-order chi connectivity index (χ1) is 13.8. The summed E-state index contributed by atoms with van der Waals surface area (Å²) in [5.41, 5.74) is -3.53. The smallest absolute Gasteiger partial charge is 0.446 e. The van der Waals surface area contributed by atoms with Crippen LogP contribution in [0.25, 0.3) is 0 Å². The monoisotopic (exact) mass is 461 g/mol. The van der Waals surface area contributed by atoms with Crippen LogP contribution in [0.4, 0.5) is 13.2 Å². The van der Waals surface area contributed by atoms with E-state index in [1.54, 1.807) is 19.9 Å². The third-order valence-corrected chi connectivity index (χ3v) is 4.98. The third kappa shape index (κ3) is 7.25. The van der Waals surface area contributed by atoms with E-state index in [1.807, 2.05) is 0 Å². The number of allylic oxidation sites excluding steroid dienone is 3. The molecule has 0 saturated carbocycles. The number of hydrogen-bond acceptors (Lipinski definition) is 4. The van der Waals surface area contributed by atoms with Crippen LogP contribution in [0.15, 0.2) is 41.5 Å². The second-order valence-corrected chi connectivity index (χ2v) is 8.14. The highest BCUT2D eigenvalue weighted by Gasteiger charge is 2.29. The Hall–Kier alpha value is -2.19. The van der Waals surface area contributed by atoms with E-state index in [2.05, 4.69) is 11.9 Å². The van der Waals surface area contributed by atoms with Crippen LogP contribution < -0.4 is 5.32 Å². The largest absolute Gasteiger partial charge is 0.507 e. The van der Waals surface area contributed by atoms with E-state index in [4.69, 9.17) is 11.6 Å². The van der Waals surface area contributed by atoms with Gasteiger partial charge in [0.15, 0.2) is 5.78 Å². The number of aromatic hydroxyl groups is 1. The first kappa shape index (κ1) is 25.8. The van der Waals surface area contributed by atoms with Crippen molar-refractivity contribution in [1.82, 2.24) is 5.32 Å². The predicted octanol–water partition coefficient (Wildman–Crippen LogP) is 6.20. The lowest BCUT2D eigenvalue weighted by atomic mass is 9.90. The van der Waals surface area contributed by atoms with Crippen molar-refractivity contribution in [2.24, 2.45) is 0 Å². The Balaban J connectivity index is 3.19. The van der Waals surface area contributed by atoms with Gasteiger partial charge in [-0.25, -0.2) is 0 Å². The number of nitrogens with one attached hydrogen (secondary N) is 1. The van der Waals surface area contributed by atoms with Gasteiger partial charge in [0.05, 0.1) is 5.56 Å². The molecule has 9 heteroatoms. The average Bonchev–Trinajstić information content (AvgIpc) is 2.58. The molecule has 1 rings (SSSR count). The van der Waals surface area contributed by atoms with E-state index in [-0.39, 0.29) is 51.3 Å². The van der Waals surface area contributed by atoms with E-state index in [0.717, 1.165) is 6.08 Å². The van der Waals surface area contributed by atoms with Crippen molar-refractivity contribution < 1.29 is 27.9 Å². The molecular formula is C21H23ClF3NO3S. The molecule has 4 nitrogen and oxygen atoms in total. The molecule has 0 fully saturated rings. The maximum Gasteiger partial charge on any atom is 0.446 e. The molecule has 1 aromatic rings. The van der Waals surface area contributed by atoms with Gasteiger partial charge in [-0.1, -0.05) is 26.5 Å². The van der Waals surface area contributed by atoms with Gasteiger partial charge >= 0.3 is 5.51 Å². The number of phenolic OH excluding ortho intramolecular Hbond substituents is 1. The van der Waals surface area contributed by atoms with E-state index < -0.39 is 11.4 Å². The van der Waals surface area contributed by atoms with Crippen LogP contribution in [0.1, 0.15) is 58.5 Å². The van der Waals surface area contributed by atoms with Crippen LogP contribution in [0.5, 0.6) is 5.75 Å². The highest BCUT2D eigenvalue weighted by Crippen LogP contribution is 2.37. The quantitative estimate of drug-likeness (QED) is 0.275. The summed E-state index contributed by atoms with van der Waals surface area (Å²) >= 11 is 5.14. The predicted molar refractivity (Wildman–Crippen MR) is 115 cm³/mol. The van der Waals surface area contributed by atoms with Crippen LogP contribution >= 0.6 is 23.4 Å². The Morgan fingerprint density at radius 1 is 1.33 bits per heavy atom. The number of hydrogen-bond donors (Lipinski definition) is 2. The Kier molecular flexibility index (Phi) is 9.24. The lowest BCUT2D eigenvalue weighted by Crippen LogP contribution is -2.23. The fraction of sp³-hybridized carbons (Fsp3) is 0.333. The highest BCUT2D eigenvalue weighted by atomic mass is 35.5. The number of rotatable bonds is 8. The minimum atomic E-state index is -4.49. The summed E-state index contributed by atoms with van der Waals surface area (Å²) < 4.78 is 37.7. The fourth-order valence-corrected chi connectivity index (χ4v) is 3.49. The van der Waals surface area contributed by atoms with Crippen LogP contribution in [-0.2, 0) is 0 Å². The van der Waals surface area contributed by atoms with Crippen LogP contribution in [0.2, 0.25) is 0 Å². The summed E-state index contributed by atoms with van der Waals surface area (Å²) in [5.74, 6) is -1.51. The molecule has 30 heavy (non-hydrogen) atoms. The summed E-state index contributed by atoms with van der Waals surface area (Å²) in [6.45, 7) is 10.1. The summed E-state index contributed by atoms with van der Waals surface area (Å²) in [6, 6.07) is 1.56. The molecule has 0 saturated heterocycles. The molecule has 0 radical (unpaired) electrons. The number of phenols is 1. The highest BCUT2D eigenvalue weighted by molar-refractivity contribution is 8.04. The van der Waals surface area contributed by atoms with Gasteiger partial charge in [0.25, 0.3) is 5.91 Å². The number of thioether (sulfide) groups is 1. The molecular weight excluding hydrogens is 439 g/mol. The lowest BCUT2D eigenvalue weighted by Gasteiger charge is -2.18. The normalized spacial score (nSPS) is 12.5. The number of alkyl halides is 4. The summed E-state index contributed by atoms with van der Waals surface area (Å²) in [4.78, 5) is 24.5. The molecule has 0 heterocycles. The molecule has 0 unspecified atom stereocenters. The second-order valence-electron chi connectivity index (χ2n) is 6.69. The molecule has 0 aliphatic rings. The van der Waals surface area contributed by atoms with Crippen molar-refractivity contribution >= 4 is 35.1 Å². The van der Waals surface area contributed by atoms with Crippen molar-refractivity contribution in [3.05, 3.63) is 63.7 Å². The van der Waals surface area contributed by atoms with Gasteiger partial charge in [-0.2, -0.15) is 13.2 Å². The molecule has 0 spiro atoms. The van der Waals surface area contributed by atoms with Crippen LogP contribution in [0.3, 0.4) is 0 Å². The van der Waals surface area contributed by atoms with Gasteiger partial charge in [-0.05, 0) is 60.9 Å². The molecule has 0 aliphatic heterocycles. The lowest BCUT2D eigenvalue weighted by molar-refractivity contribution is -0.0321. The number of Topliss-reactive ketones (excluding diaryl/α,β-unsaturated/α-hetero) is 1. The number of ketones is 1. The Labute approximate surface area is 182 Å². The van der Waals surface area contributed by atoms with Gasteiger partial charge in [0.2, 0.25) is 0 Å². The fourth-order valence-electron chi connectivity index (χ4n) is 2.66.